The topological polar surface area (TPSA) is 50.4 Å². The van der Waals surface area contributed by atoms with Crippen LogP contribution in [-0.2, 0) is 11.2 Å². The van der Waals surface area contributed by atoms with Crippen molar-refractivity contribution < 1.29 is 18.3 Å². The molecule has 1 amide bonds. The molecule has 0 heterocycles. The van der Waals surface area contributed by atoms with E-state index in [1.165, 1.54) is 5.56 Å². The van der Waals surface area contributed by atoms with Gasteiger partial charge in [0.05, 0.1) is 13.1 Å². The molecule has 0 saturated carbocycles. The van der Waals surface area contributed by atoms with Gasteiger partial charge in [-0.1, -0.05) is 30.3 Å². The molecule has 0 spiro atoms. The summed E-state index contributed by atoms with van der Waals surface area (Å²) in [4.78, 5) is 11.4. The van der Waals surface area contributed by atoms with Gasteiger partial charge in [0.25, 0.3) is 5.92 Å². The lowest BCUT2D eigenvalue weighted by Crippen LogP contribution is -2.45. The van der Waals surface area contributed by atoms with Crippen LogP contribution in [0.5, 0.6) is 0 Å². The van der Waals surface area contributed by atoms with E-state index in [0.29, 0.717) is 6.54 Å². The molecule has 0 bridgehead atoms. The number of hydrogen-bond acceptors (Lipinski definition) is 3. The molecular weight excluding hydrogens is 302 g/mol. The average molecular weight is 328 g/mol. The number of alkyl halides is 2. The average Bonchev–Trinajstić information content (AvgIpc) is 2.44. The number of carbonyl (C=O) groups excluding carboxylic acids is 1. The first-order valence-electron chi connectivity index (χ1n) is 7.77. The largest absolute Gasteiger partial charge is 0.444 e. The Bertz CT molecular complexity index is 473. The first kappa shape index (κ1) is 19.4. The third-order valence-electron chi connectivity index (χ3n) is 2.94. The zero-order valence-corrected chi connectivity index (χ0v) is 14.0. The van der Waals surface area contributed by atoms with E-state index in [4.69, 9.17) is 4.74 Å². The second-order valence-electron chi connectivity index (χ2n) is 6.48. The van der Waals surface area contributed by atoms with Crippen LogP contribution in [0.25, 0.3) is 0 Å². The van der Waals surface area contributed by atoms with E-state index in [-0.39, 0.29) is 0 Å². The Hall–Kier alpha value is -1.69. The van der Waals surface area contributed by atoms with Crippen molar-refractivity contribution in [3.8, 4) is 0 Å². The summed E-state index contributed by atoms with van der Waals surface area (Å²) in [5.74, 6) is -3.01. The molecule has 6 heteroatoms. The number of amides is 1. The van der Waals surface area contributed by atoms with E-state index in [2.05, 4.69) is 10.6 Å². The monoisotopic (exact) mass is 328 g/mol. The van der Waals surface area contributed by atoms with Crippen LogP contribution >= 0.6 is 0 Å². The van der Waals surface area contributed by atoms with Crippen LogP contribution in [0.1, 0.15) is 32.8 Å². The molecule has 0 atom stereocenters. The van der Waals surface area contributed by atoms with Gasteiger partial charge in [0, 0.05) is 0 Å². The predicted octanol–water partition coefficient (Wildman–Crippen LogP) is 3.37. The number of alkyl carbamates (subject to hydrolysis) is 1. The number of rotatable bonds is 8. The molecule has 1 rings (SSSR count). The van der Waals surface area contributed by atoms with Crippen molar-refractivity contribution >= 4 is 6.09 Å². The maximum Gasteiger partial charge on any atom is 0.407 e. The van der Waals surface area contributed by atoms with E-state index in [1.54, 1.807) is 20.8 Å². The van der Waals surface area contributed by atoms with Gasteiger partial charge in [0.2, 0.25) is 0 Å². The van der Waals surface area contributed by atoms with Gasteiger partial charge in [-0.05, 0) is 45.7 Å². The summed E-state index contributed by atoms with van der Waals surface area (Å²) in [5, 5.41) is 4.82. The SMILES string of the molecule is CC(C)(C)OC(=O)NCC(F)(F)CNCCCc1ccccc1. The fourth-order valence-electron chi connectivity index (χ4n) is 1.91. The van der Waals surface area contributed by atoms with Crippen LogP contribution < -0.4 is 10.6 Å². The summed E-state index contributed by atoms with van der Waals surface area (Å²) < 4.78 is 32.2. The van der Waals surface area contributed by atoms with Gasteiger partial charge in [0.15, 0.2) is 0 Å². The summed E-state index contributed by atoms with van der Waals surface area (Å²) >= 11 is 0. The molecule has 0 unspecified atom stereocenters. The third-order valence-corrected chi connectivity index (χ3v) is 2.94. The van der Waals surface area contributed by atoms with Crippen molar-refractivity contribution in [3.05, 3.63) is 35.9 Å². The highest BCUT2D eigenvalue weighted by Crippen LogP contribution is 2.12. The molecule has 2 N–H and O–H groups in total. The number of nitrogens with one attached hydrogen (secondary N) is 2. The predicted molar refractivity (Wildman–Crippen MR) is 86.8 cm³/mol. The molecular formula is C17H26F2N2O2. The Labute approximate surface area is 136 Å². The Morgan fingerprint density at radius 2 is 1.78 bits per heavy atom. The van der Waals surface area contributed by atoms with Gasteiger partial charge in [-0.3, -0.25) is 0 Å². The molecule has 23 heavy (non-hydrogen) atoms. The lowest BCUT2D eigenvalue weighted by Gasteiger charge is -2.22. The van der Waals surface area contributed by atoms with Crippen molar-refractivity contribution in [1.29, 1.82) is 0 Å². The Kier molecular flexibility index (Phi) is 7.42. The fourth-order valence-corrected chi connectivity index (χ4v) is 1.91. The van der Waals surface area contributed by atoms with Gasteiger partial charge < -0.3 is 15.4 Å². The molecule has 0 aromatic heterocycles. The van der Waals surface area contributed by atoms with E-state index in [9.17, 15) is 13.6 Å². The second kappa shape index (κ2) is 8.82. The number of ether oxygens (including phenoxy) is 1. The number of carbonyl (C=O) groups is 1. The zero-order chi connectivity index (χ0) is 17.3. The quantitative estimate of drug-likeness (QED) is 0.719. The number of halogens is 2. The van der Waals surface area contributed by atoms with Gasteiger partial charge in [-0.2, -0.15) is 0 Å². The molecule has 4 nitrogen and oxygen atoms in total. The first-order chi connectivity index (χ1) is 10.7. The van der Waals surface area contributed by atoms with Crippen molar-refractivity contribution in [2.24, 2.45) is 0 Å². The van der Waals surface area contributed by atoms with Crippen LogP contribution in [0.15, 0.2) is 30.3 Å². The molecule has 130 valence electrons. The Morgan fingerprint density at radius 3 is 2.39 bits per heavy atom. The first-order valence-corrected chi connectivity index (χ1v) is 7.77. The lowest BCUT2D eigenvalue weighted by atomic mass is 10.1. The Balaban J connectivity index is 2.16. The molecule has 0 radical (unpaired) electrons. The third kappa shape index (κ3) is 9.84. The van der Waals surface area contributed by atoms with Crippen molar-refractivity contribution in [2.75, 3.05) is 19.6 Å². The fraction of sp³-hybridized carbons (Fsp3) is 0.588. The normalized spacial score (nSPS) is 12.0. The van der Waals surface area contributed by atoms with Crippen molar-refractivity contribution in [1.82, 2.24) is 10.6 Å². The second-order valence-corrected chi connectivity index (χ2v) is 6.48. The van der Waals surface area contributed by atoms with Crippen LogP contribution in [0.4, 0.5) is 13.6 Å². The number of aryl methyl sites for hydroxylation is 1. The van der Waals surface area contributed by atoms with Crippen LogP contribution in [-0.4, -0.2) is 37.3 Å². The molecule has 0 aliphatic heterocycles. The zero-order valence-electron chi connectivity index (χ0n) is 14.0. The molecule has 0 aliphatic rings. The minimum Gasteiger partial charge on any atom is -0.444 e. The van der Waals surface area contributed by atoms with Gasteiger partial charge in [-0.25, -0.2) is 13.6 Å². The smallest absolute Gasteiger partial charge is 0.407 e. The molecule has 1 aromatic rings. The molecule has 1 aromatic carbocycles. The van der Waals surface area contributed by atoms with Gasteiger partial charge in [-0.15, -0.1) is 0 Å². The summed E-state index contributed by atoms with van der Waals surface area (Å²) in [6.07, 6.45) is 0.788. The van der Waals surface area contributed by atoms with Gasteiger partial charge in [0.1, 0.15) is 5.60 Å². The van der Waals surface area contributed by atoms with Crippen LogP contribution in [0.3, 0.4) is 0 Å². The van der Waals surface area contributed by atoms with E-state index in [0.717, 1.165) is 12.8 Å². The number of benzene rings is 1. The molecule has 0 aliphatic carbocycles. The standard InChI is InChI=1S/C17H26F2N2O2/c1-16(2,3)23-15(22)21-13-17(18,19)12-20-11-7-10-14-8-5-4-6-9-14/h4-6,8-9,20H,7,10-13H2,1-3H3,(H,21,22). The van der Waals surface area contributed by atoms with E-state index >= 15 is 0 Å². The maximum atomic E-state index is 13.6. The highest BCUT2D eigenvalue weighted by Gasteiger charge is 2.29. The minimum atomic E-state index is -3.01. The Morgan fingerprint density at radius 1 is 1.13 bits per heavy atom. The van der Waals surface area contributed by atoms with Crippen molar-refractivity contribution in [3.63, 3.8) is 0 Å². The number of hydrogen-bond donors (Lipinski definition) is 2. The van der Waals surface area contributed by atoms with Crippen LogP contribution in [0, 0.1) is 0 Å². The highest BCUT2D eigenvalue weighted by molar-refractivity contribution is 5.67. The summed E-state index contributed by atoms with van der Waals surface area (Å²) in [7, 11) is 0. The van der Waals surface area contributed by atoms with Gasteiger partial charge >= 0.3 is 6.09 Å². The molecule has 0 saturated heterocycles. The summed E-state index contributed by atoms with van der Waals surface area (Å²) in [6, 6.07) is 9.89. The van der Waals surface area contributed by atoms with E-state index < -0.39 is 30.7 Å². The maximum absolute atomic E-state index is 13.6. The lowest BCUT2D eigenvalue weighted by molar-refractivity contribution is -0.00339. The van der Waals surface area contributed by atoms with Crippen molar-refractivity contribution in [2.45, 2.75) is 45.1 Å². The highest BCUT2D eigenvalue weighted by atomic mass is 19.3. The minimum absolute atomic E-state index is 0.475. The molecule has 0 fully saturated rings. The van der Waals surface area contributed by atoms with Crippen LogP contribution in [0.2, 0.25) is 0 Å². The summed E-state index contributed by atoms with van der Waals surface area (Å²) in [5.41, 5.74) is 0.488. The summed E-state index contributed by atoms with van der Waals surface area (Å²) in [6.45, 7) is 4.32. The van der Waals surface area contributed by atoms with E-state index in [1.807, 2.05) is 30.3 Å².